The van der Waals surface area contributed by atoms with Crippen LogP contribution in [0.25, 0.3) is 0 Å². The molecule has 5 heteroatoms. The predicted octanol–water partition coefficient (Wildman–Crippen LogP) is 3.56. The van der Waals surface area contributed by atoms with Gasteiger partial charge in [0.1, 0.15) is 5.76 Å². The van der Waals surface area contributed by atoms with Crippen molar-refractivity contribution in [3.8, 4) is 0 Å². The molecule has 5 nitrogen and oxygen atoms in total. The lowest BCUT2D eigenvalue weighted by atomic mass is 10.2. The molecule has 1 aromatic carbocycles. The lowest BCUT2D eigenvalue weighted by molar-refractivity contribution is -0.122. The highest BCUT2D eigenvalue weighted by Crippen LogP contribution is 2.47. The first-order valence-electron chi connectivity index (χ1n) is 9.01. The minimum absolute atomic E-state index is 0.0288. The van der Waals surface area contributed by atoms with Gasteiger partial charge in [0, 0.05) is 29.6 Å². The molecule has 1 aliphatic rings. The summed E-state index contributed by atoms with van der Waals surface area (Å²) in [5.74, 6) is 1.27. The van der Waals surface area contributed by atoms with E-state index in [0.29, 0.717) is 6.54 Å². The summed E-state index contributed by atoms with van der Waals surface area (Å²) in [4.78, 5) is 12.4. The van der Waals surface area contributed by atoms with E-state index in [4.69, 9.17) is 4.42 Å². The Balaban J connectivity index is 1.39. The van der Waals surface area contributed by atoms with Crippen LogP contribution < -0.4 is 5.32 Å². The highest BCUT2D eigenvalue weighted by atomic mass is 16.3. The summed E-state index contributed by atoms with van der Waals surface area (Å²) in [6.07, 6.45) is 2.53. The first kappa shape index (κ1) is 16.6. The van der Waals surface area contributed by atoms with Crippen molar-refractivity contribution in [3.05, 3.63) is 77.0 Å². The Morgan fingerprint density at radius 1 is 1.23 bits per heavy atom. The van der Waals surface area contributed by atoms with E-state index in [1.54, 1.807) is 6.26 Å². The monoisotopic (exact) mass is 349 g/mol. The van der Waals surface area contributed by atoms with Crippen LogP contribution in [-0.2, 0) is 17.9 Å². The first-order chi connectivity index (χ1) is 12.6. The zero-order valence-corrected chi connectivity index (χ0v) is 15.1. The third-order valence-corrected chi connectivity index (χ3v) is 5.18. The van der Waals surface area contributed by atoms with Gasteiger partial charge >= 0.3 is 0 Å². The normalized spacial score (nSPS) is 18.7. The van der Waals surface area contributed by atoms with Gasteiger partial charge < -0.3 is 9.73 Å². The molecule has 0 radical (unpaired) electrons. The smallest absolute Gasteiger partial charge is 0.224 e. The maximum absolute atomic E-state index is 12.4. The summed E-state index contributed by atoms with van der Waals surface area (Å²) < 4.78 is 7.41. The van der Waals surface area contributed by atoms with Gasteiger partial charge in [0.25, 0.3) is 0 Å². The minimum atomic E-state index is 0.0288. The predicted molar refractivity (Wildman–Crippen MR) is 98.6 cm³/mol. The average molecular weight is 349 g/mol. The quantitative estimate of drug-likeness (QED) is 0.740. The van der Waals surface area contributed by atoms with E-state index in [9.17, 15) is 4.79 Å². The second kappa shape index (κ2) is 6.83. The van der Waals surface area contributed by atoms with Gasteiger partial charge in [-0.25, -0.2) is 0 Å². The van der Waals surface area contributed by atoms with Crippen molar-refractivity contribution < 1.29 is 9.21 Å². The molecule has 1 fully saturated rings. The summed E-state index contributed by atoms with van der Waals surface area (Å²) >= 11 is 0. The van der Waals surface area contributed by atoms with Crippen LogP contribution in [0.1, 0.15) is 40.6 Å². The van der Waals surface area contributed by atoms with Gasteiger partial charge in [-0.15, -0.1) is 0 Å². The van der Waals surface area contributed by atoms with Crippen LogP contribution in [0, 0.1) is 19.8 Å². The summed E-state index contributed by atoms with van der Waals surface area (Å²) in [6.45, 7) is 5.32. The van der Waals surface area contributed by atoms with E-state index < -0.39 is 0 Å². The van der Waals surface area contributed by atoms with Gasteiger partial charge in [-0.3, -0.25) is 9.48 Å². The Labute approximate surface area is 153 Å². The van der Waals surface area contributed by atoms with Crippen LogP contribution >= 0.6 is 0 Å². The van der Waals surface area contributed by atoms with Crippen molar-refractivity contribution in [3.63, 3.8) is 0 Å². The Kier molecular flexibility index (Phi) is 4.37. The SMILES string of the molecule is Cc1nn(Cc2ccccc2)c(C)c1CNC(=O)[C@@H]1C[C@@H]1c1ccco1. The van der Waals surface area contributed by atoms with Gasteiger partial charge in [-0.2, -0.15) is 5.10 Å². The van der Waals surface area contributed by atoms with Gasteiger partial charge in [-0.1, -0.05) is 30.3 Å². The third kappa shape index (κ3) is 3.29. The number of furan rings is 1. The van der Waals surface area contributed by atoms with E-state index in [1.165, 1.54) is 5.56 Å². The molecule has 0 aliphatic heterocycles. The molecule has 1 amide bonds. The fraction of sp³-hybridized carbons (Fsp3) is 0.333. The number of carbonyl (C=O) groups excluding carboxylic acids is 1. The molecule has 2 aromatic heterocycles. The highest BCUT2D eigenvalue weighted by Gasteiger charge is 2.45. The molecule has 2 atom stereocenters. The third-order valence-electron chi connectivity index (χ3n) is 5.18. The highest BCUT2D eigenvalue weighted by molar-refractivity contribution is 5.82. The number of aromatic nitrogens is 2. The Hall–Kier alpha value is -2.82. The van der Waals surface area contributed by atoms with Crippen molar-refractivity contribution in [2.75, 3.05) is 0 Å². The Morgan fingerprint density at radius 3 is 2.77 bits per heavy atom. The number of nitrogens with zero attached hydrogens (tertiary/aromatic N) is 2. The van der Waals surface area contributed by atoms with E-state index in [2.05, 4.69) is 29.5 Å². The van der Waals surface area contributed by atoms with Crippen molar-refractivity contribution in [2.45, 2.75) is 39.3 Å². The van der Waals surface area contributed by atoms with Crippen molar-refractivity contribution in [2.24, 2.45) is 5.92 Å². The molecule has 1 N–H and O–H groups in total. The van der Waals surface area contributed by atoms with Crippen LogP contribution in [0.15, 0.2) is 53.1 Å². The molecular formula is C21H23N3O2. The number of hydrogen-bond donors (Lipinski definition) is 1. The molecule has 0 spiro atoms. The summed E-state index contributed by atoms with van der Waals surface area (Å²) in [7, 11) is 0. The maximum atomic E-state index is 12.4. The molecule has 0 unspecified atom stereocenters. The average Bonchev–Trinajstić information content (AvgIpc) is 3.17. The molecule has 0 saturated heterocycles. The molecule has 1 aliphatic carbocycles. The van der Waals surface area contributed by atoms with E-state index >= 15 is 0 Å². The van der Waals surface area contributed by atoms with Crippen molar-refractivity contribution in [1.82, 2.24) is 15.1 Å². The number of hydrogen-bond acceptors (Lipinski definition) is 3. The van der Waals surface area contributed by atoms with Gasteiger partial charge in [-0.05, 0) is 38.0 Å². The number of rotatable bonds is 6. The molecular weight excluding hydrogens is 326 g/mol. The molecule has 134 valence electrons. The summed E-state index contributed by atoms with van der Waals surface area (Å²) in [5, 5.41) is 7.73. The lowest BCUT2D eigenvalue weighted by Gasteiger charge is -2.07. The number of nitrogens with one attached hydrogen (secondary N) is 1. The molecule has 0 bridgehead atoms. The topological polar surface area (TPSA) is 60.1 Å². The number of aryl methyl sites for hydroxylation is 1. The summed E-state index contributed by atoms with van der Waals surface area (Å²) in [6, 6.07) is 14.1. The largest absolute Gasteiger partial charge is 0.469 e. The fourth-order valence-corrected chi connectivity index (χ4v) is 3.51. The van der Waals surface area contributed by atoms with Crippen molar-refractivity contribution >= 4 is 5.91 Å². The van der Waals surface area contributed by atoms with E-state index in [0.717, 1.165) is 35.7 Å². The van der Waals surface area contributed by atoms with Crippen molar-refractivity contribution in [1.29, 1.82) is 0 Å². The molecule has 4 rings (SSSR count). The van der Waals surface area contributed by atoms with Crippen LogP contribution in [0.5, 0.6) is 0 Å². The zero-order valence-electron chi connectivity index (χ0n) is 15.1. The Morgan fingerprint density at radius 2 is 2.04 bits per heavy atom. The van der Waals surface area contributed by atoms with E-state index in [1.807, 2.05) is 41.9 Å². The fourth-order valence-electron chi connectivity index (χ4n) is 3.51. The number of amides is 1. The second-order valence-electron chi connectivity index (χ2n) is 6.97. The van der Waals surface area contributed by atoms with Crippen LogP contribution in [0.2, 0.25) is 0 Å². The molecule has 1 saturated carbocycles. The Bertz CT molecular complexity index is 897. The number of carbonyl (C=O) groups is 1. The van der Waals surface area contributed by atoms with Crippen LogP contribution in [-0.4, -0.2) is 15.7 Å². The minimum Gasteiger partial charge on any atom is -0.469 e. The summed E-state index contributed by atoms with van der Waals surface area (Å²) in [5.41, 5.74) is 4.39. The van der Waals surface area contributed by atoms with Crippen LogP contribution in [0.4, 0.5) is 0 Å². The standard InChI is InChI=1S/C21H23N3O2/c1-14-19(15(2)24(23-14)13-16-7-4-3-5-8-16)12-22-21(25)18-11-17(18)20-9-6-10-26-20/h3-10,17-18H,11-13H2,1-2H3,(H,22,25)/t17-,18+/m0/s1. The maximum Gasteiger partial charge on any atom is 0.224 e. The van der Waals surface area contributed by atoms with Gasteiger partial charge in [0.2, 0.25) is 5.91 Å². The first-order valence-corrected chi connectivity index (χ1v) is 9.01. The van der Waals surface area contributed by atoms with Gasteiger partial charge in [0.15, 0.2) is 0 Å². The zero-order chi connectivity index (χ0) is 18.1. The number of benzene rings is 1. The molecule has 26 heavy (non-hydrogen) atoms. The van der Waals surface area contributed by atoms with Crippen LogP contribution in [0.3, 0.4) is 0 Å². The lowest BCUT2D eigenvalue weighted by Crippen LogP contribution is -2.25. The molecule has 3 aromatic rings. The molecule has 2 heterocycles. The van der Waals surface area contributed by atoms with E-state index in [-0.39, 0.29) is 17.7 Å². The van der Waals surface area contributed by atoms with Gasteiger partial charge in [0.05, 0.1) is 18.5 Å². The second-order valence-corrected chi connectivity index (χ2v) is 6.97.